The summed E-state index contributed by atoms with van der Waals surface area (Å²) in [7, 11) is 0. The van der Waals surface area contributed by atoms with Crippen LogP contribution in [0.25, 0.3) is 0 Å². The van der Waals surface area contributed by atoms with E-state index in [1.807, 2.05) is 0 Å². The van der Waals surface area contributed by atoms with E-state index in [0.29, 0.717) is 12.0 Å². The van der Waals surface area contributed by atoms with Crippen molar-refractivity contribution in [3.05, 3.63) is 28.0 Å². The number of nitrogens with one attached hydrogen (secondary N) is 1. The van der Waals surface area contributed by atoms with Crippen LogP contribution >= 0.6 is 23.2 Å². The zero-order valence-electron chi connectivity index (χ0n) is 9.47. The molecule has 0 amide bonds. The topological polar surface area (TPSA) is 21.3 Å². The Labute approximate surface area is 110 Å². The fourth-order valence-electron chi connectivity index (χ4n) is 1.95. The van der Waals surface area contributed by atoms with E-state index in [0.717, 1.165) is 25.3 Å². The molecule has 1 aromatic carbocycles. The minimum atomic E-state index is -0.570. The molecule has 1 aliphatic heterocycles. The molecule has 0 saturated carbocycles. The predicted molar refractivity (Wildman–Crippen MR) is 68.4 cm³/mol. The Morgan fingerprint density at radius 3 is 2.59 bits per heavy atom. The van der Waals surface area contributed by atoms with Gasteiger partial charge in [-0.3, -0.25) is 0 Å². The zero-order valence-corrected chi connectivity index (χ0v) is 11.0. The highest BCUT2D eigenvalue weighted by Gasteiger charge is 2.22. The molecular formula is C12H14Cl2FNO. The highest BCUT2D eigenvalue weighted by atomic mass is 35.5. The number of halogens is 3. The van der Waals surface area contributed by atoms with Gasteiger partial charge in [-0.25, -0.2) is 4.39 Å². The number of benzene rings is 1. The lowest BCUT2D eigenvalue weighted by atomic mass is 9.97. The van der Waals surface area contributed by atoms with Gasteiger partial charge in [-0.2, -0.15) is 0 Å². The van der Waals surface area contributed by atoms with Crippen LogP contribution in [0, 0.1) is 11.7 Å². The smallest absolute Gasteiger partial charge is 0.160 e. The summed E-state index contributed by atoms with van der Waals surface area (Å²) in [4.78, 5) is 0. The fourth-order valence-corrected chi connectivity index (χ4v) is 2.43. The molecule has 1 aromatic rings. The molecule has 2 rings (SSSR count). The van der Waals surface area contributed by atoms with E-state index in [9.17, 15) is 4.39 Å². The Bertz CT molecular complexity index is 390. The van der Waals surface area contributed by atoms with Crippen LogP contribution in [-0.4, -0.2) is 19.3 Å². The van der Waals surface area contributed by atoms with Crippen molar-refractivity contribution in [2.75, 3.05) is 18.5 Å². The molecule has 0 aliphatic carbocycles. The second-order valence-corrected chi connectivity index (χ2v) is 5.16. The van der Waals surface area contributed by atoms with Crippen LogP contribution in [0.2, 0.25) is 10.0 Å². The van der Waals surface area contributed by atoms with Crippen LogP contribution in [0.3, 0.4) is 0 Å². The van der Waals surface area contributed by atoms with E-state index in [1.54, 1.807) is 12.1 Å². The number of hydrogen-bond acceptors (Lipinski definition) is 2. The van der Waals surface area contributed by atoms with Crippen molar-refractivity contribution < 1.29 is 9.13 Å². The van der Waals surface area contributed by atoms with Gasteiger partial charge in [0.05, 0.1) is 16.7 Å². The SMILES string of the molecule is CC1COCCC1Nc1cc(Cl)c(F)c(Cl)c1. The first-order valence-electron chi connectivity index (χ1n) is 5.56. The molecule has 2 nitrogen and oxygen atoms in total. The molecule has 1 heterocycles. The summed E-state index contributed by atoms with van der Waals surface area (Å²) >= 11 is 11.5. The average Bonchev–Trinajstić information content (AvgIpc) is 2.29. The summed E-state index contributed by atoms with van der Waals surface area (Å²) in [5, 5.41) is 3.41. The number of rotatable bonds is 2. The van der Waals surface area contributed by atoms with Crippen molar-refractivity contribution in [3.8, 4) is 0 Å². The van der Waals surface area contributed by atoms with Crippen LogP contribution in [0.5, 0.6) is 0 Å². The lowest BCUT2D eigenvalue weighted by molar-refractivity contribution is 0.0538. The van der Waals surface area contributed by atoms with Gasteiger partial charge in [-0.1, -0.05) is 30.1 Å². The molecule has 1 saturated heterocycles. The van der Waals surface area contributed by atoms with Gasteiger partial charge in [0.15, 0.2) is 5.82 Å². The summed E-state index contributed by atoms with van der Waals surface area (Å²) in [6.45, 7) is 3.59. The molecule has 0 bridgehead atoms. The highest BCUT2D eigenvalue weighted by Crippen LogP contribution is 2.29. The van der Waals surface area contributed by atoms with Crippen molar-refractivity contribution >= 4 is 28.9 Å². The molecule has 5 heteroatoms. The Morgan fingerprint density at radius 1 is 1.35 bits per heavy atom. The Kier molecular flexibility index (Phi) is 4.13. The number of hydrogen-bond donors (Lipinski definition) is 1. The summed E-state index contributed by atoms with van der Waals surface area (Å²) in [6.07, 6.45) is 0.924. The molecule has 17 heavy (non-hydrogen) atoms. The van der Waals surface area contributed by atoms with E-state index in [-0.39, 0.29) is 10.0 Å². The molecule has 0 aromatic heterocycles. The van der Waals surface area contributed by atoms with E-state index in [4.69, 9.17) is 27.9 Å². The molecule has 94 valence electrons. The molecule has 2 unspecified atom stereocenters. The molecule has 1 fully saturated rings. The maximum absolute atomic E-state index is 13.3. The minimum absolute atomic E-state index is 0.0414. The first-order chi connectivity index (χ1) is 8.08. The highest BCUT2D eigenvalue weighted by molar-refractivity contribution is 6.35. The lowest BCUT2D eigenvalue weighted by Gasteiger charge is -2.30. The Morgan fingerprint density at radius 2 is 2.00 bits per heavy atom. The second kappa shape index (κ2) is 5.42. The van der Waals surface area contributed by atoms with Crippen molar-refractivity contribution in [2.45, 2.75) is 19.4 Å². The number of ether oxygens (including phenoxy) is 1. The average molecular weight is 278 g/mol. The van der Waals surface area contributed by atoms with E-state index in [1.165, 1.54) is 0 Å². The third-order valence-electron chi connectivity index (χ3n) is 2.98. The predicted octanol–water partition coefficient (Wildman–Crippen LogP) is 3.97. The molecule has 1 N–H and O–H groups in total. The van der Waals surface area contributed by atoms with Gasteiger partial charge >= 0.3 is 0 Å². The molecule has 0 radical (unpaired) electrons. The third-order valence-corrected chi connectivity index (χ3v) is 3.53. The third kappa shape index (κ3) is 3.03. The van der Waals surface area contributed by atoms with E-state index in [2.05, 4.69) is 12.2 Å². The van der Waals surface area contributed by atoms with Gasteiger partial charge in [0.2, 0.25) is 0 Å². The molecule has 1 aliphatic rings. The first-order valence-corrected chi connectivity index (χ1v) is 6.32. The van der Waals surface area contributed by atoms with Crippen molar-refractivity contribution in [2.24, 2.45) is 5.92 Å². The zero-order chi connectivity index (χ0) is 12.4. The monoisotopic (exact) mass is 277 g/mol. The maximum atomic E-state index is 13.3. The van der Waals surface area contributed by atoms with Crippen molar-refractivity contribution in [1.29, 1.82) is 0 Å². The van der Waals surface area contributed by atoms with Crippen LogP contribution in [0.4, 0.5) is 10.1 Å². The van der Waals surface area contributed by atoms with Crippen molar-refractivity contribution in [1.82, 2.24) is 0 Å². The van der Waals surface area contributed by atoms with Crippen LogP contribution in [-0.2, 0) is 4.74 Å². The van der Waals surface area contributed by atoms with Crippen LogP contribution in [0.15, 0.2) is 12.1 Å². The van der Waals surface area contributed by atoms with Gasteiger partial charge in [0, 0.05) is 18.3 Å². The standard InChI is InChI=1S/C12H14Cl2FNO/c1-7-6-17-3-2-11(7)16-8-4-9(13)12(15)10(14)5-8/h4-5,7,11,16H,2-3,6H2,1H3. The van der Waals surface area contributed by atoms with Crippen LogP contribution in [0.1, 0.15) is 13.3 Å². The Hall–Kier alpha value is -0.510. The molecular weight excluding hydrogens is 264 g/mol. The summed E-state index contributed by atoms with van der Waals surface area (Å²) < 4.78 is 18.6. The van der Waals surface area contributed by atoms with Gasteiger partial charge in [0.25, 0.3) is 0 Å². The van der Waals surface area contributed by atoms with E-state index >= 15 is 0 Å². The largest absolute Gasteiger partial charge is 0.382 e. The normalized spacial score (nSPS) is 24.7. The van der Waals surface area contributed by atoms with Crippen molar-refractivity contribution in [3.63, 3.8) is 0 Å². The quantitative estimate of drug-likeness (QED) is 0.826. The maximum Gasteiger partial charge on any atom is 0.160 e. The number of anilines is 1. The summed E-state index contributed by atoms with van der Waals surface area (Å²) in [5.41, 5.74) is 0.750. The minimum Gasteiger partial charge on any atom is -0.382 e. The Balaban J connectivity index is 2.12. The summed E-state index contributed by atoms with van der Waals surface area (Å²) in [6, 6.07) is 3.43. The van der Waals surface area contributed by atoms with Crippen LogP contribution < -0.4 is 5.32 Å². The van der Waals surface area contributed by atoms with Gasteiger partial charge in [0.1, 0.15) is 0 Å². The second-order valence-electron chi connectivity index (χ2n) is 4.35. The van der Waals surface area contributed by atoms with Gasteiger partial charge in [-0.15, -0.1) is 0 Å². The van der Waals surface area contributed by atoms with Gasteiger partial charge < -0.3 is 10.1 Å². The van der Waals surface area contributed by atoms with Gasteiger partial charge in [-0.05, 0) is 24.5 Å². The fraction of sp³-hybridized carbons (Fsp3) is 0.500. The molecule has 2 atom stereocenters. The summed E-state index contributed by atoms with van der Waals surface area (Å²) in [5.74, 6) is -0.162. The molecule has 0 spiro atoms. The van der Waals surface area contributed by atoms with E-state index < -0.39 is 5.82 Å². The lowest BCUT2D eigenvalue weighted by Crippen LogP contribution is -2.35. The first kappa shape index (κ1) is 12.9.